The highest BCUT2D eigenvalue weighted by Crippen LogP contribution is 2.33. The number of hydrogen-bond donors (Lipinski definition) is 1. The third-order valence-corrected chi connectivity index (χ3v) is 15.7. The summed E-state index contributed by atoms with van der Waals surface area (Å²) in [6, 6.07) is 28.5. The van der Waals surface area contributed by atoms with E-state index in [1.807, 2.05) is 56.3 Å². The van der Waals surface area contributed by atoms with Gasteiger partial charge in [-0.25, -0.2) is 16.8 Å². The largest absolute Gasteiger partial charge is 0.415 e. The van der Waals surface area contributed by atoms with Crippen molar-refractivity contribution < 1.29 is 43.2 Å². The number of sulfonamides is 2. The van der Waals surface area contributed by atoms with E-state index >= 15 is 0 Å². The first-order valence-electron chi connectivity index (χ1n) is 21.0. The van der Waals surface area contributed by atoms with E-state index in [1.165, 1.54) is 8.61 Å². The average Bonchev–Trinajstić information content (AvgIpc) is 4.01. The summed E-state index contributed by atoms with van der Waals surface area (Å²) >= 11 is 0. The Morgan fingerprint density at radius 2 is 0.985 bits per heavy atom. The predicted molar refractivity (Wildman–Crippen MR) is 242 cm³/mol. The van der Waals surface area contributed by atoms with Crippen molar-refractivity contribution in [2.45, 2.75) is 95.2 Å². The summed E-state index contributed by atoms with van der Waals surface area (Å²) in [7, 11) is -7.14. The number of nitrogens with zero attached hydrogens (tertiary/aromatic N) is 6. The molecule has 2 aromatic heterocycles. The predicted octanol–water partition coefficient (Wildman–Crippen LogP) is 10.1. The summed E-state index contributed by atoms with van der Waals surface area (Å²) in [5, 5.41) is 16.3. The summed E-state index contributed by atoms with van der Waals surface area (Å²) in [6.07, 6.45) is -0.278. The van der Waals surface area contributed by atoms with Gasteiger partial charge < -0.3 is 14.2 Å². The van der Waals surface area contributed by atoms with Gasteiger partial charge in [0, 0.05) is 11.1 Å². The maximum absolute atomic E-state index is 13.6. The monoisotopic (exact) mass is 959 g/mol. The lowest BCUT2D eigenvalue weighted by Gasteiger charge is -2.31. The zero-order valence-electron chi connectivity index (χ0n) is 35.7. The standard InChI is InChI=1S/C23H25F2N3O3S.C22H24F2N4O3S.ClH/c1-16-6-5-7-19(14-16)28(32(29,30)20-8-3-2-4-9-20)15-17-10-12-18(13-11-17)22-26-27-23(31-22)21(24)25;1-15-3-2-4-18(13-15)28(32(29,30)19-9-11-25-12-10-19)14-16-5-7-17(8-6-16)21-26-27-22(31-21)20(23)24;/h5-7,10-14,20-21H,2-4,8-9,15H2,1H3;2-8,13,19-20,25H,9-12,14H2,1H3;1H. The highest BCUT2D eigenvalue weighted by atomic mass is 35.5. The minimum absolute atomic E-state index is 0. The topological polar surface area (TPSA) is 165 Å². The third-order valence-electron chi connectivity index (χ3n) is 11.2. The van der Waals surface area contributed by atoms with Crippen molar-refractivity contribution in [3.63, 3.8) is 0 Å². The van der Waals surface area contributed by atoms with Gasteiger partial charge in [0.2, 0.25) is 31.8 Å². The lowest BCUT2D eigenvalue weighted by atomic mass is 10.0. The molecular formula is C45H50ClF4N7O6S2. The van der Waals surface area contributed by atoms with Crippen LogP contribution in [0.3, 0.4) is 0 Å². The number of nitrogens with one attached hydrogen (secondary N) is 1. The van der Waals surface area contributed by atoms with E-state index in [9.17, 15) is 34.4 Å². The van der Waals surface area contributed by atoms with Crippen LogP contribution in [0.2, 0.25) is 0 Å². The number of hydrogen-bond acceptors (Lipinski definition) is 11. The van der Waals surface area contributed by atoms with Gasteiger partial charge in [0.05, 0.1) is 35.0 Å². The summed E-state index contributed by atoms with van der Waals surface area (Å²) in [5.74, 6) is -1.47. The van der Waals surface area contributed by atoms with E-state index in [4.69, 9.17) is 8.83 Å². The van der Waals surface area contributed by atoms with Crippen molar-refractivity contribution in [1.29, 1.82) is 0 Å². The van der Waals surface area contributed by atoms with Gasteiger partial charge in [-0.1, -0.05) is 67.8 Å². The second kappa shape index (κ2) is 21.7. The van der Waals surface area contributed by atoms with Crippen molar-refractivity contribution in [2.24, 2.45) is 0 Å². The first kappa shape index (κ1) is 49.1. The Labute approximate surface area is 382 Å². The van der Waals surface area contributed by atoms with Crippen molar-refractivity contribution in [3.8, 4) is 22.9 Å². The number of benzene rings is 4. The quantitative estimate of drug-likeness (QED) is 0.103. The minimum Gasteiger partial charge on any atom is -0.415 e. The van der Waals surface area contributed by atoms with Crippen LogP contribution >= 0.6 is 12.4 Å². The molecule has 0 bridgehead atoms. The maximum atomic E-state index is 13.6. The Morgan fingerprint density at radius 1 is 0.585 bits per heavy atom. The molecule has 13 nitrogen and oxygen atoms in total. The van der Waals surface area contributed by atoms with Gasteiger partial charge in [-0.3, -0.25) is 8.61 Å². The van der Waals surface area contributed by atoms with Gasteiger partial charge in [-0.05, 0) is 123 Å². The maximum Gasteiger partial charge on any atom is 0.314 e. The molecule has 20 heteroatoms. The van der Waals surface area contributed by atoms with Gasteiger partial charge in [0.25, 0.3) is 11.8 Å². The van der Waals surface area contributed by atoms with Crippen LogP contribution in [0.4, 0.5) is 28.9 Å². The van der Waals surface area contributed by atoms with Crippen molar-refractivity contribution in [1.82, 2.24) is 25.7 Å². The van der Waals surface area contributed by atoms with Crippen molar-refractivity contribution in [3.05, 3.63) is 131 Å². The Balaban J connectivity index is 0.000000212. The Hall–Kier alpha value is -5.37. The molecule has 65 heavy (non-hydrogen) atoms. The molecule has 0 radical (unpaired) electrons. The number of piperidine rings is 1. The van der Waals surface area contributed by atoms with E-state index in [0.717, 1.165) is 41.5 Å². The summed E-state index contributed by atoms with van der Waals surface area (Å²) in [6.45, 7) is 5.53. The number of halogens is 5. The summed E-state index contributed by atoms with van der Waals surface area (Å²) in [5.41, 5.74) is 5.69. The normalized spacial score (nSPS) is 15.0. The molecule has 2 aliphatic rings. The van der Waals surface area contributed by atoms with Crippen LogP contribution < -0.4 is 13.9 Å². The number of alkyl halides is 4. The zero-order valence-corrected chi connectivity index (χ0v) is 38.1. The molecule has 1 aliphatic heterocycles. The van der Waals surface area contributed by atoms with E-state index in [0.29, 0.717) is 61.3 Å². The zero-order chi connectivity index (χ0) is 45.4. The molecule has 1 saturated carbocycles. The molecular weight excluding hydrogens is 910 g/mol. The molecule has 0 amide bonds. The van der Waals surface area contributed by atoms with Crippen LogP contribution in [-0.4, -0.2) is 60.8 Å². The molecule has 1 N–H and O–H groups in total. The first-order valence-corrected chi connectivity index (χ1v) is 24.0. The first-order chi connectivity index (χ1) is 30.7. The van der Waals surface area contributed by atoms with E-state index in [-0.39, 0.29) is 42.5 Å². The SMILES string of the molecule is Cc1cccc(N(Cc2ccc(-c3nnc(C(F)F)o3)cc2)S(=O)(=O)C2CCCCC2)c1.Cc1cccc(N(Cc2ccc(-c3nnc(C(F)F)o3)cc2)S(=O)(=O)C2CCNCC2)c1.Cl. The van der Waals surface area contributed by atoms with E-state index < -0.39 is 49.9 Å². The summed E-state index contributed by atoms with van der Waals surface area (Å²) < 4.78 is 118. The van der Waals surface area contributed by atoms with Crippen LogP contribution in [0, 0.1) is 13.8 Å². The lowest BCUT2D eigenvalue weighted by molar-refractivity contribution is 0.115. The smallest absolute Gasteiger partial charge is 0.314 e. The van der Waals surface area contributed by atoms with Gasteiger partial charge in [-0.2, -0.15) is 17.6 Å². The second-order valence-corrected chi connectivity index (χ2v) is 20.2. The Morgan fingerprint density at radius 3 is 1.35 bits per heavy atom. The molecule has 0 atom stereocenters. The lowest BCUT2D eigenvalue weighted by Crippen LogP contribution is -2.43. The van der Waals surface area contributed by atoms with E-state index in [1.54, 1.807) is 54.6 Å². The molecule has 2 fully saturated rings. The van der Waals surface area contributed by atoms with Gasteiger partial charge in [-0.15, -0.1) is 32.8 Å². The number of rotatable bonds is 14. The van der Waals surface area contributed by atoms with Crippen molar-refractivity contribution in [2.75, 3.05) is 21.7 Å². The molecule has 6 aromatic rings. The average molecular weight is 961 g/mol. The van der Waals surface area contributed by atoms with Crippen LogP contribution in [0.1, 0.15) is 91.8 Å². The van der Waals surface area contributed by atoms with Gasteiger partial charge in [0.15, 0.2) is 0 Å². The molecule has 1 aliphatic carbocycles. The molecule has 348 valence electrons. The molecule has 0 spiro atoms. The molecule has 1 saturated heterocycles. The molecule has 0 unspecified atom stereocenters. The third kappa shape index (κ3) is 12.1. The van der Waals surface area contributed by atoms with Crippen molar-refractivity contribution >= 4 is 43.8 Å². The minimum atomic E-state index is -3.59. The Kier molecular flexibility index (Phi) is 16.4. The fourth-order valence-electron chi connectivity index (χ4n) is 7.75. The van der Waals surface area contributed by atoms with Gasteiger partial charge in [0.1, 0.15) is 0 Å². The molecule has 3 heterocycles. The fourth-order valence-corrected chi connectivity index (χ4v) is 11.7. The van der Waals surface area contributed by atoms with Crippen LogP contribution in [0.25, 0.3) is 22.9 Å². The van der Waals surface area contributed by atoms with Crippen LogP contribution in [0.5, 0.6) is 0 Å². The molecule has 4 aromatic carbocycles. The fraction of sp³-hybridized carbons (Fsp3) is 0.378. The number of anilines is 2. The summed E-state index contributed by atoms with van der Waals surface area (Å²) in [4.78, 5) is 0. The van der Waals surface area contributed by atoms with E-state index in [2.05, 4.69) is 25.7 Å². The number of aromatic nitrogens is 4. The van der Waals surface area contributed by atoms with Crippen LogP contribution in [0.15, 0.2) is 106 Å². The number of aryl methyl sites for hydroxylation is 2. The molecule has 8 rings (SSSR count). The Bertz CT molecular complexity index is 2510. The second-order valence-electron chi connectivity index (χ2n) is 15.9. The van der Waals surface area contributed by atoms with Gasteiger partial charge >= 0.3 is 12.9 Å². The highest BCUT2D eigenvalue weighted by molar-refractivity contribution is 7.93. The van der Waals surface area contributed by atoms with Crippen LogP contribution in [-0.2, 0) is 33.1 Å². The highest BCUT2D eigenvalue weighted by Gasteiger charge is 2.35.